The fraction of sp³-hybridized carbons (Fsp3) is 0.583. The van der Waals surface area contributed by atoms with Crippen LogP contribution in [0.1, 0.15) is 18.4 Å². The minimum Gasteiger partial charge on any atom is -0.381 e. The number of hydrogen-bond acceptors (Lipinski definition) is 5. The summed E-state index contributed by atoms with van der Waals surface area (Å²) < 4.78 is 5.31. The molecule has 2 heterocycles. The lowest BCUT2D eigenvalue weighted by Gasteiger charge is -2.10. The molecule has 6 heteroatoms. The maximum absolute atomic E-state index is 10.6. The summed E-state index contributed by atoms with van der Waals surface area (Å²) in [7, 11) is 0. The van der Waals surface area contributed by atoms with Crippen LogP contribution in [0.2, 0.25) is 0 Å². The highest BCUT2D eigenvalue weighted by Crippen LogP contribution is 2.19. The van der Waals surface area contributed by atoms with E-state index in [4.69, 9.17) is 4.74 Å². The van der Waals surface area contributed by atoms with Crippen molar-refractivity contribution < 1.29 is 9.66 Å². The molecule has 1 fully saturated rings. The first-order chi connectivity index (χ1) is 8.66. The summed E-state index contributed by atoms with van der Waals surface area (Å²) >= 11 is 0. The maximum Gasteiger partial charge on any atom is 0.287 e. The second-order valence-corrected chi connectivity index (χ2v) is 4.56. The van der Waals surface area contributed by atoms with Gasteiger partial charge in [0.05, 0.1) is 4.92 Å². The molecule has 6 nitrogen and oxygen atoms in total. The van der Waals surface area contributed by atoms with Crippen LogP contribution in [0.4, 0.5) is 11.5 Å². The predicted molar refractivity (Wildman–Crippen MR) is 67.7 cm³/mol. The van der Waals surface area contributed by atoms with E-state index in [0.717, 1.165) is 44.0 Å². The average Bonchev–Trinajstić information content (AvgIpc) is 2.84. The van der Waals surface area contributed by atoms with Crippen LogP contribution >= 0.6 is 0 Å². The standard InChI is InChI=1S/C12H17N3O3/c1-9-6-11(15(16)17)7-14-12(9)13-4-2-10-3-5-18-8-10/h6-7,10H,2-5,8H2,1H3,(H,13,14). The molecule has 0 aliphatic carbocycles. The Morgan fingerprint density at radius 3 is 3.11 bits per heavy atom. The van der Waals surface area contributed by atoms with Crippen LogP contribution in [-0.4, -0.2) is 29.7 Å². The molecule has 0 bridgehead atoms. The largest absolute Gasteiger partial charge is 0.381 e. The van der Waals surface area contributed by atoms with Crippen molar-refractivity contribution in [2.75, 3.05) is 25.1 Å². The number of rotatable bonds is 5. The van der Waals surface area contributed by atoms with E-state index >= 15 is 0 Å². The summed E-state index contributed by atoms with van der Waals surface area (Å²) in [6.45, 7) is 4.34. The summed E-state index contributed by atoms with van der Waals surface area (Å²) in [4.78, 5) is 14.2. The van der Waals surface area contributed by atoms with Gasteiger partial charge in [0.25, 0.3) is 5.69 Å². The first kappa shape index (κ1) is 12.8. The van der Waals surface area contributed by atoms with Gasteiger partial charge in [-0.2, -0.15) is 0 Å². The molecule has 1 atom stereocenters. The van der Waals surface area contributed by atoms with Crippen molar-refractivity contribution in [2.24, 2.45) is 5.92 Å². The van der Waals surface area contributed by atoms with E-state index in [1.165, 1.54) is 12.3 Å². The Morgan fingerprint density at radius 1 is 1.67 bits per heavy atom. The van der Waals surface area contributed by atoms with Crippen molar-refractivity contribution in [2.45, 2.75) is 19.8 Å². The molecule has 98 valence electrons. The van der Waals surface area contributed by atoms with E-state index in [0.29, 0.717) is 5.92 Å². The summed E-state index contributed by atoms with van der Waals surface area (Å²) in [5.74, 6) is 1.34. The molecular formula is C12H17N3O3. The minimum absolute atomic E-state index is 0.0299. The molecule has 0 radical (unpaired) electrons. The van der Waals surface area contributed by atoms with Crippen molar-refractivity contribution in [1.29, 1.82) is 0 Å². The number of pyridine rings is 1. The average molecular weight is 251 g/mol. The van der Waals surface area contributed by atoms with Crippen molar-refractivity contribution in [3.8, 4) is 0 Å². The molecule has 1 saturated heterocycles. The monoisotopic (exact) mass is 251 g/mol. The van der Waals surface area contributed by atoms with E-state index in [1.807, 2.05) is 6.92 Å². The van der Waals surface area contributed by atoms with Gasteiger partial charge >= 0.3 is 0 Å². The van der Waals surface area contributed by atoms with Crippen LogP contribution in [0.5, 0.6) is 0 Å². The molecule has 1 aliphatic heterocycles. The zero-order chi connectivity index (χ0) is 13.0. The molecule has 1 aromatic rings. The molecule has 0 spiro atoms. The van der Waals surface area contributed by atoms with Gasteiger partial charge in [-0.05, 0) is 31.2 Å². The summed E-state index contributed by atoms with van der Waals surface area (Å²) in [5, 5.41) is 13.8. The number of ether oxygens (including phenoxy) is 1. The number of nitrogens with one attached hydrogen (secondary N) is 1. The number of nitrogens with zero attached hydrogens (tertiary/aromatic N) is 2. The van der Waals surface area contributed by atoms with E-state index < -0.39 is 4.92 Å². The zero-order valence-electron chi connectivity index (χ0n) is 10.4. The Balaban J connectivity index is 1.87. The molecule has 1 N–H and O–H groups in total. The van der Waals surface area contributed by atoms with E-state index in [1.54, 1.807) is 0 Å². The highest BCUT2D eigenvalue weighted by Gasteiger charge is 2.15. The molecule has 1 aromatic heterocycles. The SMILES string of the molecule is Cc1cc([N+](=O)[O-])cnc1NCCC1CCOC1. The van der Waals surface area contributed by atoms with Gasteiger partial charge in [0.15, 0.2) is 0 Å². The fourth-order valence-electron chi connectivity index (χ4n) is 2.05. The highest BCUT2D eigenvalue weighted by atomic mass is 16.6. The van der Waals surface area contributed by atoms with E-state index in [9.17, 15) is 10.1 Å². The Bertz CT molecular complexity index is 431. The first-order valence-electron chi connectivity index (χ1n) is 6.09. The number of aryl methyl sites for hydroxylation is 1. The Kier molecular flexibility index (Phi) is 4.09. The summed E-state index contributed by atoms with van der Waals surface area (Å²) in [6.07, 6.45) is 3.44. The first-order valence-corrected chi connectivity index (χ1v) is 6.09. The lowest BCUT2D eigenvalue weighted by atomic mass is 10.1. The number of aromatic nitrogens is 1. The van der Waals surface area contributed by atoms with E-state index in [2.05, 4.69) is 10.3 Å². The number of nitro groups is 1. The summed E-state index contributed by atoms with van der Waals surface area (Å²) in [5.41, 5.74) is 0.828. The van der Waals surface area contributed by atoms with Gasteiger partial charge in [-0.15, -0.1) is 0 Å². The van der Waals surface area contributed by atoms with Crippen LogP contribution in [0, 0.1) is 23.0 Å². The van der Waals surface area contributed by atoms with Crippen molar-refractivity contribution in [3.05, 3.63) is 27.9 Å². The van der Waals surface area contributed by atoms with Gasteiger partial charge in [-0.25, -0.2) is 4.98 Å². The molecule has 1 unspecified atom stereocenters. The minimum atomic E-state index is -0.431. The maximum atomic E-state index is 10.6. The smallest absolute Gasteiger partial charge is 0.287 e. The van der Waals surface area contributed by atoms with Crippen molar-refractivity contribution >= 4 is 11.5 Å². The van der Waals surface area contributed by atoms with Gasteiger partial charge in [0.1, 0.15) is 12.0 Å². The lowest BCUT2D eigenvalue weighted by Crippen LogP contribution is -2.10. The molecule has 0 amide bonds. The van der Waals surface area contributed by atoms with Crippen LogP contribution in [0.3, 0.4) is 0 Å². The normalized spacial score (nSPS) is 18.8. The van der Waals surface area contributed by atoms with Crippen LogP contribution < -0.4 is 5.32 Å². The second kappa shape index (κ2) is 5.77. The van der Waals surface area contributed by atoms with E-state index in [-0.39, 0.29) is 5.69 Å². The van der Waals surface area contributed by atoms with Gasteiger partial charge in [0, 0.05) is 25.8 Å². The Morgan fingerprint density at radius 2 is 2.50 bits per heavy atom. The topological polar surface area (TPSA) is 77.3 Å². The lowest BCUT2D eigenvalue weighted by molar-refractivity contribution is -0.385. The molecule has 1 aliphatic rings. The van der Waals surface area contributed by atoms with Gasteiger partial charge < -0.3 is 10.1 Å². The number of hydrogen-bond donors (Lipinski definition) is 1. The zero-order valence-corrected chi connectivity index (χ0v) is 10.4. The Hall–Kier alpha value is -1.69. The van der Waals surface area contributed by atoms with Gasteiger partial charge in [-0.1, -0.05) is 0 Å². The molecule has 0 saturated carbocycles. The van der Waals surface area contributed by atoms with Crippen LogP contribution in [0.25, 0.3) is 0 Å². The van der Waals surface area contributed by atoms with Crippen molar-refractivity contribution in [1.82, 2.24) is 4.98 Å². The highest BCUT2D eigenvalue weighted by molar-refractivity contribution is 5.48. The molecular weight excluding hydrogens is 234 g/mol. The van der Waals surface area contributed by atoms with Gasteiger partial charge in [-0.3, -0.25) is 10.1 Å². The molecule has 2 rings (SSSR count). The van der Waals surface area contributed by atoms with Crippen LogP contribution in [-0.2, 0) is 4.74 Å². The quantitative estimate of drug-likeness (QED) is 0.640. The summed E-state index contributed by atoms with van der Waals surface area (Å²) in [6, 6.07) is 1.54. The Labute approximate surface area is 106 Å². The van der Waals surface area contributed by atoms with Gasteiger partial charge in [0.2, 0.25) is 0 Å². The molecule has 0 aromatic carbocycles. The third kappa shape index (κ3) is 3.16. The van der Waals surface area contributed by atoms with Crippen LogP contribution in [0.15, 0.2) is 12.3 Å². The van der Waals surface area contributed by atoms with Crippen molar-refractivity contribution in [3.63, 3.8) is 0 Å². The molecule has 18 heavy (non-hydrogen) atoms. The third-order valence-corrected chi connectivity index (χ3v) is 3.14. The second-order valence-electron chi connectivity index (χ2n) is 4.56. The fourth-order valence-corrected chi connectivity index (χ4v) is 2.05. The number of anilines is 1. The third-order valence-electron chi connectivity index (χ3n) is 3.14. The predicted octanol–water partition coefficient (Wildman–Crippen LogP) is 2.14.